The fraction of sp³-hybridized carbons (Fsp3) is 0.375. The Balaban J connectivity index is 3.06. The molecule has 1 aromatic heterocycles. The topological polar surface area (TPSA) is 50.3 Å². The average Bonchev–Trinajstić information content (AvgIpc) is 2.18. The van der Waals surface area contributed by atoms with Crippen molar-refractivity contribution in [2.45, 2.75) is 4.90 Å². The van der Waals surface area contributed by atoms with E-state index in [2.05, 4.69) is 36.8 Å². The van der Waals surface area contributed by atoms with Crippen LogP contribution in [0.15, 0.2) is 27.8 Å². The quantitative estimate of drug-likeness (QED) is 0.773. The van der Waals surface area contributed by atoms with Crippen molar-refractivity contribution in [2.24, 2.45) is 0 Å². The van der Waals surface area contributed by atoms with E-state index in [4.69, 9.17) is 0 Å². The average molecular weight is 358 g/mol. The van der Waals surface area contributed by atoms with Crippen molar-refractivity contribution in [1.82, 2.24) is 9.29 Å². The molecule has 0 amide bonds. The molecule has 15 heavy (non-hydrogen) atoms. The Hall–Kier alpha value is 0.0200. The molecule has 0 saturated heterocycles. The van der Waals surface area contributed by atoms with Gasteiger partial charge in [-0.2, -0.15) is 0 Å². The normalized spacial score (nSPS) is 12.0. The summed E-state index contributed by atoms with van der Waals surface area (Å²) in [6, 6.07) is 1.53. The van der Waals surface area contributed by atoms with Crippen molar-refractivity contribution < 1.29 is 8.42 Å². The minimum Gasteiger partial charge on any atom is -0.262 e. The molecule has 0 aromatic carbocycles. The fourth-order valence-electron chi connectivity index (χ4n) is 0.953. The van der Waals surface area contributed by atoms with Gasteiger partial charge in [-0.1, -0.05) is 15.9 Å². The number of hydrogen-bond acceptors (Lipinski definition) is 3. The van der Waals surface area contributed by atoms with Gasteiger partial charge in [-0.05, 0) is 22.0 Å². The van der Waals surface area contributed by atoms with Gasteiger partial charge in [0.25, 0.3) is 0 Å². The van der Waals surface area contributed by atoms with Crippen LogP contribution < -0.4 is 0 Å². The lowest BCUT2D eigenvalue weighted by Crippen LogP contribution is -2.28. The Morgan fingerprint density at radius 3 is 2.67 bits per heavy atom. The Kier molecular flexibility index (Phi) is 4.69. The molecule has 0 fully saturated rings. The largest absolute Gasteiger partial charge is 0.262 e. The van der Waals surface area contributed by atoms with Gasteiger partial charge < -0.3 is 0 Å². The van der Waals surface area contributed by atoms with Crippen molar-refractivity contribution in [3.8, 4) is 0 Å². The summed E-state index contributed by atoms with van der Waals surface area (Å²) in [5, 5.41) is 0.601. The highest BCUT2D eigenvalue weighted by Gasteiger charge is 2.20. The van der Waals surface area contributed by atoms with Crippen LogP contribution in [0.5, 0.6) is 0 Å². The summed E-state index contributed by atoms with van der Waals surface area (Å²) in [7, 11) is -1.87. The molecule has 1 rings (SSSR count). The van der Waals surface area contributed by atoms with E-state index in [0.717, 1.165) is 0 Å². The van der Waals surface area contributed by atoms with E-state index in [1.807, 2.05) is 0 Å². The zero-order valence-corrected chi connectivity index (χ0v) is 12.0. The van der Waals surface area contributed by atoms with Gasteiger partial charge in [-0.3, -0.25) is 4.98 Å². The zero-order chi connectivity index (χ0) is 11.5. The van der Waals surface area contributed by atoms with Crippen molar-refractivity contribution in [3.63, 3.8) is 0 Å². The fourth-order valence-corrected chi connectivity index (χ4v) is 3.40. The summed E-state index contributed by atoms with van der Waals surface area (Å²) in [5.74, 6) is 0. The van der Waals surface area contributed by atoms with Crippen LogP contribution in [-0.4, -0.2) is 36.6 Å². The van der Waals surface area contributed by atoms with Gasteiger partial charge in [0.05, 0.1) is 0 Å². The van der Waals surface area contributed by atoms with Gasteiger partial charge in [0.15, 0.2) is 0 Å². The second-order valence-corrected chi connectivity index (χ2v) is 6.61. The monoisotopic (exact) mass is 356 g/mol. The number of nitrogens with zero attached hydrogens (tertiary/aromatic N) is 2. The van der Waals surface area contributed by atoms with E-state index < -0.39 is 10.0 Å². The lowest BCUT2D eigenvalue weighted by Gasteiger charge is -2.15. The summed E-state index contributed by atoms with van der Waals surface area (Å²) in [4.78, 5) is 4.02. The maximum atomic E-state index is 11.9. The first-order valence-corrected chi connectivity index (χ1v) is 7.47. The van der Waals surface area contributed by atoms with Crippen LogP contribution >= 0.6 is 31.9 Å². The van der Waals surface area contributed by atoms with Gasteiger partial charge >= 0.3 is 0 Å². The number of rotatable bonds is 4. The summed E-state index contributed by atoms with van der Waals surface area (Å²) in [6.07, 6.45) is 2.88. The Morgan fingerprint density at radius 2 is 2.13 bits per heavy atom. The molecule has 0 aliphatic rings. The van der Waals surface area contributed by atoms with E-state index in [0.29, 0.717) is 16.3 Å². The van der Waals surface area contributed by atoms with Crippen LogP contribution in [0.1, 0.15) is 0 Å². The lowest BCUT2D eigenvalue weighted by atomic mass is 10.5. The molecule has 0 N–H and O–H groups in total. The van der Waals surface area contributed by atoms with Crippen LogP contribution in [0.25, 0.3) is 0 Å². The van der Waals surface area contributed by atoms with E-state index in [-0.39, 0.29) is 4.90 Å². The second-order valence-electron chi connectivity index (χ2n) is 2.85. The first-order valence-electron chi connectivity index (χ1n) is 4.11. The number of alkyl halides is 1. The molecule has 0 saturated carbocycles. The standard InChI is InChI=1S/C8H10Br2N2O2S/c1-12(3-2-9)15(13,14)8-4-7(10)5-11-6-8/h4-6H,2-3H2,1H3. The Labute approximate surface area is 106 Å². The molecule has 0 aliphatic carbocycles. The van der Waals surface area contributed by atoms with Crippen LogP contribution in [0.3, 0.4) is 0 Å². The maximum absolute atomic E-state index is 11.9. The molecule has 0 unspecified atom stereocenters. The summed E-state index contributed by atoms with van der Waals surface area (Å²) < 4.78 is 25.8. The summed E-state index contributed by atoms with van der Waals surface area (Å²) in [6.45, 7) is 0.425. The number of pyridine rings is 1. The number of halogens is 2. The van der Waals surface area contributed by atoms with Crippen LogP contribution in [-0.2, 0) is 10.0 Å². The zero-order valence-electron chi connectivity index (χ0n) is 8.02. The van der Waals surface area contributed by atoms with Crippen LogP contribution in [0.2, 0.25) is 0 Å². The van der Waals surface area contributed by atoms with E-state index in [1.165, 1.54) is 23.6 Å². The molecule has 0 atom stereocenters. The first-order chi connectivity index (χ1) is 6.98. The summed E-state index contributed by atoms with van der Waals surface area (Å²) in [5.41, 5.74) is 0. The molecular weight excluding hydrogens is 348 g/mol. The molecule has 84 valence electrons. The summed E-state index contributed by atoms with van der Waals surface area (Å²) >= 11 is 6.39. The minimum absolute atomic E-state index is 0.195. The van der Waals surface area contributed by atoms with Gasteiger partial charge in [0.2, 0.25) is 10.0 Å². The van der Waals surface area contributed by atoms with Gasteiger partial charge in [-0.15, -0.1) is 0 Å². The Bertz CT molecular complexity index is 436. The second kappa shape index (κ2) is 5.38. The number of aromatic nitrogens is 1. The van der Waals surface area contributed by atoms with Crippen molar-refractivity contribution >= 4 is 41.9 Å². The highest BCUT2D eigenvalue weighted by molar-refractivity contribution is 9.10. The van der Waals surface area contributed by atoms with Gasteiger partial charge in [0.1, 0.15) is 4.90 Å². The molecule has 7 heteroatoms. The highest BCUT2D eigenvalue weighted by atomic mass is 79.9. The molecule has 1 aromatic rings. The third kappa shape index (κ3) is 3.24. The van der Waals surface area contributed by atoms with E-state index in [1.54, 1.807) is 6.20 Å². The molecule has 0 spiro atoms. The smallest absolute Gasteiger partial charge is 0.244 e. The number of sulfonamides is 1. The van der Waals surface area contributed by atoms with Gasteiger partial charge in [-0.25, -0.2) is 12.7 Å². The van der Waals surface area contributed by atoms with Crippen molar-refractivity contribution in [1.29, 1.82) is 0 Å². The molecule has 0 aliphatic heterocycles. The van der Waals surface area contributed by atoms with Crippen LogP contribution in [0.4, 0.5) is 0 Å². The van der Waals surface area contributed by atoms with E-state index in [9.17, 15) is 8.42 Å². The number of hydrogen-bond donors (Lipinski definition) is 0. The molecule has 4 nitrogen and oxygen atoms in total. The SMILES string of the molecule is CN(CCBr)S(=O)(=O)c1cncc(Br)c1. The lowest BCUT2D eigenvalue weighted by molar-refractivity contribution is 0.489. The predicted octanol–water partition coefficient (Wildman–Crippen LogP) is 1.86. The first kappa shape index (κ1) is 13.1. The van der Waals surface area contributed by atoms with Gasteiger partial charge in [0, 0.05) is 35.8 Å². The van der Waals surface area contributed by atoms with E-state index >= 15 is 0 Å². The Morgan fingerprint density at radius 1 is 1.47 bits per heavy atom. The third-order valence-electron chi connectivity index (χ3n) is 1.79. The predicted molar refractivity (Wildman–Crippen MR) is 65.5 cm³/mol. The minimum atomic E-state index is -3.41. The molecular formula is C8H10Br2N2O2S. The van der Waals surface area contributed by atoms with Crippen molar-refractivity contribution in [3.05, 3.63) is 22.9 Å². The van der Waals surface area contributed by atoms with Crippen molar-refractivity contribution in [2.75, 3.05) is 18.9 Å². The highest BCUT2D eigenvalue weighted by Crippen LogP contribution is 2.17. The third-order valence-corrected chi connectivity index (χ3v) is 4.40. The molecule has 0 radical (unpaired) electrons. The molecule has 0 bridgehead atoms. The van der Waals surface area contributed by atoms with Crippen LogP contribution in [0, 0.1) is 0 Å². The molecule has 1 heterocycles. The maximum Gasteiger partial charge on any atom is 0.244 e.